The lowest BCUT2D eigenvalue weighted by Crippen LogP contribution is -2.17. The van der Waals surface area contributed by atoms with Gasteiger partial charge in [-0.25, -0.2) is 0 Å². The van der Waals surface area contributed by atoms with E-state index < -0.39 is 0 Å². The van der Waals surface area contributed by atoms with Gasteiger partial charge in [-0.1, -0.05) is 28.9 Å². The largest absolute Gasteiger partial charge is 0.455 e. The molecule has 2 rings (SSSR count). The molecule has 1 heterocycles. The Morgan fingerprint density at radius 2 is 2.00 bits per heavy atom. The van der Waals surface area contributed by atoms with Crippen molar-refractivity contribution >= 4 is 17.4 Å². The molecule has 0 saturated heterocycles. The lowest BCUT2D eigenvalue weighted by Gasteiger charge is -2.14. The van der Waals surface area contributed by atoms with E-state index in [0.717, 1.165) is 5.69 Å². The Kier molecular flexibility index (Phi) is 4.10. The number of amidine groups is 1. The molecule has 0 atom stereocenters. The molecule has 20 heavy (non-hydrogen) atoms. The summed E-state index contributed by atoms with van der Waals surface area (Å²) in [6, 6.07) is 8.79. The summed E-state index contributed by atoms with van der Waals surface area (Å²) < 4.78 is 5.78. The van der Waals surface area contributed by atoms with Crippen molar-refractivity contribution in [3.8, 4) is 11.5 Å². The molecule has 1 aromatic carbocycles. The van der Waals surface area contributed by atoms with Gasteiger partial charge in [0, 0.05) is 11.8 Å². The number of hydrogen-bond donors (Lipinski definition) is 2. The second-order valence-electron chi connectivity index (χ2n) is 4.24. The summed E-state index contributed by atoms with van der Waals surface area (Å²) in [6.45, 7) is 3.60. The van der Waals surface area contributed by atoms with Crippen molar-refractivity contribution in [1.29, 1.82) is 0 Å². The van der Waals surface area contributed by atoms with Crippen LogP contribution >= 0.6 is 11.6 Å². The van der Waals surface area contributed by atoms with Crippen LogP contribution in [0.5, 0.6) is 11.5 Å². The maximum atomic E-state index is 8.88. The first-order chi connectivity index (χ1) is 9.52. The third kappa shape index (κ3) is 2.83. The molecule has 0 fully saturated rings. The van der Waals surface area contributed by atoms with E-state index >= 15 is 0 Å². The summed E-state index contributed by atoms with van der Waals surface area (Å²) >= 11 is 6.07. The van der Waals surface area contributed by atoms with Crippen molar-refractivity contribution in [1.82, 2.24) is 4.98 Å². The average molecular weight is 292 g/mol. The van der Waals surface area contributed by atoms with Gasteiger partial charge in [0.25, 0.3) is 0 Å². The van der Waals surface area contributed by atoms with Gasteiger partial charge in [0.1, 0.15) is 11.5 Å². The number of pyridine rings is 1. The number of hydrogen-bond acceptors (Lipinski definition) is 4. The molecule has 5 nitrogen and oxygen atoms in total. The van der Waals surface area contributed by atoms with Crippen molar-refractivity contribution in [3.63, 3.8) is 0 Å². The van der Waals surface area contributed by atoms with E-state index in [-0.39, 0.29) is 5.84 Å². The lowest BCUT2D eigenvalue weighted by atomic mass is 10.1. The minimum absolute atomic E-state index is 0.0583. The zero-order valence-corrected chi connectivity index (χ0v) is 11.8. The number of nitrogens with two attached hydrogens (primary N) is 1. The van der Waals surface area contributed by atoms with Gasteiger partial charge < -0.3 is 15.7 Å². The first-order valence-corrected chi connectivity index (χ1v) is 6.29. The Morgan fingerprint density at radius 1 is 1.30 bits per heavy atom. The summed E-state index contributed by atoms with van der Waals surface area (Å²) in [5, 5.41) is 12.4. The fourth-order valence-electron chi connectivity index (χ4n) is 1.88. The Hall–Kier alpha value is -2.27. The number of para-hydroxylation sites is 1. The van der Waals surface area contributed by atoms with Crippen molar-refractivity contribution in [3.05, 3.63) is 52.3 Å². The molecule has 0 aliphatic heterocycles. The molecule has 0 bridgehead atoms. The van der Waals surface area contributed by atoms with Crippen LogP contribution in [0.25, 0.3) is 0 Å². The number of rotatable bonds is 3. The number of benzene rings is 1. The first kappa shape index (κ1) is 14.1. The van der Waals surface area contributed by atoms with Gasteiger partial charge in [-0.05, 0) is 26.0 Å². The molecule has 1 aromatic heterocycles. The van der Waals surface area contributed by atoms with Gasteiger partial charge in [0.05, 0.1) is 16.3 Å². The fraction of sp³-hybridized carbons (Fsp3) is 0.143. The fourth-order valence-corrected chi connectivity index (χ4v) is 2.06. The molecule has 0 unspecified atom stereocenters. The number of aromatic nitrogens is 1. The number of nitrogens with zero attached hydrogens (tertiary/aromatic N) is 2. The highest BCUT2D eigenvalue weighted by Crippen LogP contribution is 2.32. The molecule has 0 saturated carbocycles. The quantitative estimate of drug-likeness (QED) is 0.394. The number of aryl methyl sites for hydroxylation is 2. The molecule has 0 aliphatic rings. The zero-order valence-electron chi connectivity index (χ0n) is 11.1. The van der Waals surface area contributed by atoms with Gasteiger partial charge in [0.2, 0.25) is 0 Å². The van der Waals surface area contributed by atoms with E-state index in [0.29, 0.717) is 27.8 Å². The van der Waals surface area contributed by atoms with Crippen LogP contribution in [0.2, 0.25) is 5.02 Å². The van der Waals surface area contributed by atoms with E-state index in [1.54, 1.807) is 25.1 Å². The summed E-state index contributed by atoms with van der Waals surface area (Å²) in [5.74, 6) is 0.876. The highest BCUT2D eigenvalue weighted by atomic mass is 35.5. The molecule has 104 valence electrons. The Morgan fingerprint density at radius 3 is 2.65 bits per heavy atom. The number of halogens is 1. The van der Waals surface area contributed by atoms with Crippen LogP contribution in [0, 0.1) is 13.8 Å². The normalized spacial score (nSPS) is 11.4. The second kappa shape index (κ2) is 5.79. The van der Waals surface area contributed by atoms with Crippen LogP contribution in [0.4, 0.5) is 0 Å². The van der Waals surface area contributed by atoms with Gasteiger partial charge >= 0.3 is 0 Å². The van der Waals surface area contributed by atoms with E-state index in [4.69, 9.17) is 27.3 Å². The minimum atomic E-state index is -0.0583. The van der Waals surface area contributed by atoms with Crippen LogP contribution in [0.15, 0.2) is 35.5 Å². The molecule has 2 aromatic rings. The smallest absolute Gasteiger partial charge is 0.175 e. The monoisotopic (exact) mass is 291 g/mol. The third-order valence-corrected chi connectivity index (χ3v) is 3.02. The maximum Gasteiger partial charge on any atom is 0.175 e. The van der Waals surface area contributed by atoms with Crippen molar-refractivity contribution in [2.75, 3.05) is 0 Å². The molecule has 0 spiro atoms. The van der Waals surface area contributed by atoms with Crippen LogP contribution < -0.4 is 10.5 Å². The molecular formula is C14H14ClN3O2. The predicted molar refractivity (Wildman–Crippen MR) is 77.7 cm³/mol. The van der Waals surface area contributed by atoms with Crippen LogP contribution in [-0.4, -0.2) is 16.0 Å². The van der Waals surface area contributed by atoms with Crippen molar-refractivity contribution in [2.24, 2.45) is 10.9 Å². The summed E-state index contributed by atoms with van der Waals surface area (Å²) in [4.78, 5) is 4.28. The summed E-state index contributed by atoms with van der Waals surface area (Å²) in [7, 11) is 0. The first-order valence-electron chi connectivity index (χ1n) is 5.91. The number of ether oxygens (including phenoxy) is 1. The highest BCUT2D eigenvalue weighted by Gasteiger charge is 2.15. The third-order valence-electron chi connectivity index (χ3n) is 2.71. The number of oxime groups is 1. The SMILES string of the molecule is Cc1cc(Oc2ccccc2Cl)c(/C(N)=N/O)c(C)n1. The van der Waals surface area contributed by atoms with Gasteiger partial charge in [-0.3, -0.25) is 4.98 Å². The molecule has 0 aliphatic carbocycles. The van der Waals surface area contributed by atoms with E-state index in [2.05, 4.69) is 10.1 Å². The summed E-state index contributed by atoms with van der Waals surface area (Å²) in [5.41, 5.74) is 7.50. The van der Waals surface area contributed by atoms with Gasteiger partial charge in [-0.2, -0.15) is 0 Å². The second-order valence-corrected chi connectivity index (χ2v) is 4.65. The zero-order chi connectivity index (χ0) is 14.7. The van der Waals surface area contributed by atoms with Crippen LogP contribution in [0.1, 0.15) is 17.0 Å². The van der Waals surface area contributed by atoms with E-state index in [1.807, 2.05) is 19.1 Å². The lowest BCUT2D eigenvalue weighted by molar-refractivity contribution is 0.318. The average Bonchev–Trinajstić information content (AvgIpc) is 2.40. The molecule has 0 amide bonds. The summed E-state index contributed by atoms with van der Waals surface area (Å²) in [6.07, 6.45) is 0. The Balaban J connectivity index is 2.53. The van der Waals surface area contributed by atoms with Crippen molar-refractivity contribution < 1.29 is 9.94 Å². The van der Waals surface area contributed by atoms with E-state index in [9.17, 15) is 0 Å². The standard InChI is InChI=1S/C14H14ClN3O2/c1-8-7-12(13(9(2)17-8)14(16)18-19)20-11-6-4-3-5-10(11)15/h3-7,19H,1-2H3,(H2,16,18). The minimum Gasteiger partial charge on any atom is -0.455 e. The topological polar surface area (TPSA) is 80.7 Å². The highest BCUT2D eigenvalue weighted by molar-refractivity contribution is 6.32. The molecule has 3 N–H and O–H groups in total. The van der Waals surface area contributed by atoms with E-state index in [1.165, 1.54) is 0 Å². The van der Waals surface area contributed by atoms with Crippen LogP contribution in [0.3, 0.4) is 0 Å². The molecule has 0 radical (unpaired) electrons. The Bertz CT molecular complexity index is 671. The predicted octanol–water partition coefficient (Wildman–Crippen LogP) is 3.24. The van der Waals surface area contributed by atoms with Gasteiger partial charge in [0.15, 0.2) is 5.84 Å². The Labute approximate surface area is 121 Å². The molecule has 6 heteroatoms. The molecular weight excluding hydrogens is 278 g/mol. The van der Waals surface area contributed by atoms with Gasteiger partial charge in [-0.15, -0.1) is 0 Å². The van der Waals surface area contributed by atoms with Crippen LogP contribution in [-0.2, 0) is 0 Å². The van der Waals surface area contributed by atoms with Crippen molar-refractivity contribution in [2.45, 2.75) is 13.8 Å². The maximum absolute atomic E-state index is 8.88.